The van der Waals surface area contributed by atoms with Crippen LogP contribution in [0.1, 0.15) is 24.1 Å². The summed E-state index contributed by atoms with van der Waals surface area (Å²) in [5.74, 6) is 0.747. The molecule has 0 aliphatic carbocycles. The highest BCUT2D eigenvalue weighted by Gasteiger charge is 2.26. The van der Waals surface area contributed by atoms with Crippen LogP contribution in [0.5, 0.6) is 0 Å². The number of amides is 1. The topological polar surface area (TPSA) is 94.4 Å². The van der Waals surface area contributed by atoms with E-state index in [-0.39, 0.29) is 18.7 Å². The molecule has 10 heteroatoms. The molecule has 1 aliphatic rings. The van der Waals surface area contributed by atoms with Gasteiger partial charge < -0.3 is 24.3 Å². The average Bonchev–Trinajstić information content (AvgIpc) is 3.36. The van der Waals surface area contributed by atoms with Crippen LogP contribution in [-0.2, 0) is 22.8 Å². The van der Waals surface area contributed by atoms with Crippen molar-refractivity contribution in [2.75, 3.05) is 25.0 Å². The molecule has 0 bridgehead atoms. The quantitative estimate of drug-likeness (QED) is 0.175. The van der Waals surface area contributed by atoms with Crippen molar-refractivity contribution >= 4 is 31.1 Å². The second kappa shape index (κ2) is 12.8. The number of aryl methyl sites for hydroxylation is 1. The summed E-state index contributed by atoms with van der Waals surface area (Å²) in [6.07, 6.45) is 5.31. The van der Waals surface area contributed by atoms with E-state index in [1.54, 1.807) is 11.1 Å². The van der Waals surface area contributed by atoms with E-state index in [1.807, 2.05) is 66.2 Å². The number of nitrogens with zero attached hydrogens (tertiary/aromatic N) is 5. The Morgan fingerprint density at radius 3 is 2.73 bits per heavy atom. The fourth-order valence-electron chi connectivity index (χ4n) is 4.87. The van der Waals surface area contributed by atoms with Crippen molar-refractivity contribution in [1.82, 2.24) is 24.4 Å². The van der Waals surface area contributed by atoms with Crippen LogP contribution in [-0.4, -0.2) is 64.3 Å². The number of fused-ring (bicyclic) bond motifs is 1. The minimum atomic E-state index is -1.13. The van der Waals surface area contributed by atoms with E-state index < -0.39 is 8.07 Å². The molecule has 1 aromatic carbocycles. The first-order valence-corrected chi connectivity index (χ1v) is 18.1. The van der Waals surface area contributed by atoms with Crippen LogP contribution in [0, 0.1) is 6.92 Å². The lowest BCUT2D eigenvalue weighted by molar-refractivity contribution is 0.0874. The predicted octanol–water partition coefficient (Wildman–Crippen LogP) is 6.33. The maximum absolute atomic E-state index is 12.8. The van der Waals surface area contributed by atoms with Crippen LogP contribution in [0.15, 0.2) is 60.9 Å². The summed E-state index contributed by atoms with van der Waals surface area (Å²) in [4.78, 5) is 29.0. The molecule has 5 rings (SSSR count). The first-order valence-electron chi connectivity index (χ1n) is 14.3. The summed E-state index contributed by atoms with van der Waals surface area (Å²) in [7, 11) is -1.13. The van der Waals surface area contributed by atoms with Crippen molar-refractivity contribution in [3.8, 4) is 11.3 Å². The Morgan fingerprint density at radius 2 is 1.93 bits per heavy atom. The van der Waals surface area contributed by atoms with E-state index in [0.717, 1.165) is 65.0 Å². The van der Waals surface area contributed by atoms with E-state index >= 15 is 0 Å². The Kier molecular flexibility index (Phi) is 8.99. The summed E-state index contributed by atoms with van der Waals surface area (Å²) in [5.41, 5.74) is 5.12. The zero-order valence-corrected chi connectivity index (χ0v) is 25.5. The molecule has 0 spiro atoms. The number of carbonyl (C=O) groups excluding carboxylic acids is 1. The maximum atomic E-state index is 12.8. The second-order valence-electron chi connectivity index (χ2n) is 11.9. The number of nitrogens with one attached hydrogen (secondary N) is 1. The monoisotopic (exact) mass is 572 g/mol. The number of anilines is 1. The van der Waals surface area contributed by atoms with Crippen molar-refractivity contribution in [3.63, 3.8) is 0 Å². The van der Waals surface area contributed by atoms with Crippen molar-refractivity contribution < 1.29 is 14.3 Å². The third kappa shape index (κ3) is 7.71. The Balaban J connectivity index is 1.25. The maximum Gasteiger partial charge on any atom is 0.410 e. The number of hydrogen-bond donors (Lipinski definition) is 1. The molecule has 1 atom stereocenters. The minimum absolute atomic E-state index is 0.0483. The van der Waals surface area contributed by atoms with Crippen molar-refractivity contribution in [1.29, 1.82) is 0 Å². The normalized spacial score (nSPS) is 15.7. The number of hydrogen-bond acceptors (Lipinski definition) is 7. The van der Waals surface area contributed by atoms with E-state index in [9.17, 15) is 4.79 Å². The number of rotatable bonds is 10. The van der Waals surface area contributed by atoms with Gasteiger partial charge in [0.05, 0.1) is 11.9 Å². The van der Waals surface area contributed by atoms with Crippen LogP contribution in [0.4, 0.5) is 10.6 Å². The number of pyridine rings is 1. The highest BCUT2D eigenvalue weighted by atomic mass is 28.3. The fraction of sp³-hybridized carbons (Fsp3) is 0.419. The second-order valence-corrected chi connectivity index (χ2v) is 17.5. The number of aromatic nitrogens is 4. The minimum Gasteiger partial charge on any atom is -0.445 e. The zero-order valence-electron chi connectivity index (χ0n) is 24.5. The number of carbonyl (C=O) groups is 1. The van der Waals surface area contributed by atoms with Crippen LogP contribution in [0.2, 0.25) is 25.7 Å². The van der Waals surface area contributed by atoms with Crippen LogP contribution in [0.25, 0.3) is 22.4 Å². The van der Waals surface area contributed by atoms with E-state index in [4.69, 9.17) is 24.4 Å². The third-order valence-electron chi connectivity index (χ3n) is 7.23. The van der Waals surface area contributed by atoms with Gasteiger partial charge >= 0.3 is 6.09 Å². The third-order valence-corrected chi connectivity index (χ3v) is 8.93. The van der Waals surface area contributed by atoms with Gasteiger partial charge in [-0.15, -0.1) is 0 Å². The van der Waals surface area contributed by atoms with Crippen molar-refractivity contribution in [2.24, 2.45) is 0 Å². The molecular formula is C31H40N6O3Si. The smallest absolute Gasteiger partial charge is 0.410 e. The van der Waals surface area contributed by atoms with Crippen molar-refractivity contribution in [2.45, 2.75) is 64.8 Å². The highest BCUT2D eigenvalue weighted by Crippen LogP contribution is 2.28. The number of likely N-dealkylation sites (tertiary alicyclic amines) is 1. The standard InChI is InChI=1S/C31H40N6O3Si/c1-23-12-13-26(28-19-32-30-27(35-28)14-16-37(30)22-39-17-18-41(2,3)4)29(33-23)34-25-11-8-15-36(20-25)31(38)40-21-24-9-6-5-7-10-24/h5-7,9-10,12-14,16,19,25H,8,11,15,17-18,20-22H2,1-4H3,(H,33,34). The van der Waals surface area contributed by atoms with E-state index in [0.29, 0.717) is 19.8 Å². The van der Waals surface area contributed by atoms with E-state index in [2.05, 4.69) is 25.0 Å². The zero-order chi connectivity index (χ0) is 28.8. The number of benzene rings is 1. The largest absolute Gasteiger partial charge is 0.445 e. The van der Waals surface area contributed by atoms with Crippen LogP contribution >= 0.6 is 0 Å². The molecule has 1 N–H and O–H groups in total. The van der Waals surface area contributed by atoms with Gasteiger partial charge in [-0.1, -0.05) is 50.0 Å². The summed E-state index contributed by atoms with van der Waals surface area (Å²) >= 11 is 0. The van der Waals surface area contributed by atoms with Gasteiger partial charge in [-0.05, 0) is 49.6 Å². The Bertz CT molecular complexity index is 1470. The molecule has 1 fully saturated rings. The summed E-state index contributed by atoms with van der Waals surface area (Å²) in [6, 6.07) is 16.9. The molecule has 4 aromatic rings. The van der Waals surface area contributed by atoms with Crippen LogP contribution < -0.4 is 5.32 Å². The average molecular weight is 573 g/mol. The molecular weight excluding hydrogens is 532 g/mol. The van der Waals surface area contributed by atoms with Gasteiger partial charge in [0.25, 0.3) is 0 Å². The van der Waals surface area contributed by atoms with Gasteiger partial charge in [-0.2, -0.15) is 0 Å². The Hall–Kier alpha value is -3.76. The molecule has 1 amide bonds. The molecule has 1 aliphatic heterocycles. The Morgan fingerprint density at radius 1 is 1.10 bits per heavy atom. The summed E-state index contributed by atoms with van der Waals surface area (Å²) in [6.45, 7) is 11.7. The van der Waals surface area contributed by atoms with Gasteiger partial charge in [0.15, 0.2) is 5.65 Å². The van der Waals surface area contributed by atoms with Gasteiger partial charge in [0.1, 0.15) is 24.7 Å². The molecule has 1 saturated heterocycles. The first kappa shape index (κ1) is 28.8. The summed E-state index contributed by atoms with van der Waals surface area (Å²) in [5, 5.41) is 3.60. The Labute approximate surface area is 242 Å². The lowest BCUT2D eigenvalue weighted by Gasteiger charge is -2.33. The lowest BCUT2D eigenvalue weighted by Crippen LogP contribution is -2.45. The highest BCUT2D eigenvalue weighted by molar-refractivity contribution is 6.76. The molecule has 4 heterocycles. The van der Waals surface area contributed by atoms with Crippen LogP contribution in [0.3, 0.4) is 0 Å². The molecule has 3 aromatic heterocycles. The molecule has 1 unspecified atom stereocenters. The fourth-order valence-corrected chi connectivity index (χ4v) is 5.63. The molecule has 9 nitrogen and oxygen atoms in total. The van der Waals surface area contributed by atoms with Gasteiger partial charge in [-0.25, -0.2) is 19.7 Å². The number of ether oxygens (including phenoxy) is 2. The molecule has 0 saturated carbocycles. The van der Waals surface area contributed by atoms with E-state index in [1.165, 1.54) is 0 Å². The molecule has 216 valence electrons. The molecule has 41 heavy (non-hydrogen) atoms. The predicted molar refractivity (Wildman–Crippen MR) is 164 cm³/mol. The SMILES string of the molecule is Cc1ccc(-c2cnc3c(ccn3COCC[Si](C)(C)C)n2)c(NC2CCCN(C(=O)OCc3ccccc3)C2)n1. The number of piperidine rings is 1. The van der Waals surface area contributed by atoms with Crippen molar-refractivity contribution in [3.05, 3.63) is 72.2 Å². The molecule has 0 radical (unpaired) electrons. The summed E-state index contributed by atoms with van der Waals surface area (Å²) < 4.78 is 13.5. The van der Waals surface area contributed by atoms with Gasteiger partial charge in [0.2, 0.25) is 0 Å². The van der Waals surface area contributed by atoms with Gasteiger partial charge in [-0.3, -0.25) is 0 Å². The van der Waals surface area contributed by atoms with Gasteiger partial charge in [0, 0.05) is 51.3 Å². The lowest BCUT2D eigenvalue weighted by atomic mass is 10.1. The first-order chi connectivity index (χ1) is 19.7.